The standard InChI is InChI=1S/C18H19NO4S/c1-13-11-15(18(20)21)7-8-17(13)14-5-4-6-16(12-14)24(22,23)19-9-2-3-10-19/h4-8,11-12H,2-3,9-10H2,1H3,(H,20,21). The van der Waals surface area contributed by atoms with Gasteiger partial charge in [0.25, 0.3) is 0 Å². The molecular weight excluding hydrogens is 326 g/mol. The molecule has 0 radical (unpaired) electrons. The molecule has 126 valence electrons. The first-order chi connectivity index (χ1) is 11.4. The van der Waals surface area contributed by atoms with Gasteiger partial charge in [-0.1, -0.05) is 18.2 Å². The number of rotatable bonds is 4. The molecule has 0 amide bonds. The molecule has 0 saturated carbocycles. The topological polar surface area (TPSA) is 74.7 Å². The van der Waals surface area contributed by atoms with Crippen molar-refractivity contribution in [1.82, 2.24) is 4.31 Å². The molecule has 1 fully saturated rings. The van der Waals surface area contributed by atoms with E-state index >= 15 is 0 Å². The third kappa shape index (κ3) is 3.07. The van der Waals surface area contributed by atoms with E-state index in [0.29, 0.717) is 13.1 Å². The van der Waals surface area contributed by atoms with E-state index in [1.807, 2.05) is 13.0 Å². The van der Waals surface area contributed by atoms with Crippen LogP contribution in [0.25, 0.3) is 11.1 Å². The predicted octanol–water partition coefficient (Wildman–Crippen LogP) is 3.14. The molecule has 1 N–H and O–H groups in total. The Balaban J connectivity index is 2.01. The number of benzene rings is 2. The number of carboxylic acid groups (broad SMARTS) is 1. The minimum absolute atomic E-state index is 0.220. The zero-order chi connectivity index (χ0) is 17.3. The summed E-state index contributed by atoms with van der Waals surface area (Å²) < 4.78 is 26.9. The first-order valence-electron chi connectivity index (χ1n) is 7.84. The number of carboxylic acids is 1. The summed E-state index contributed by atoms with van der Waals surface area (Å²) in [5, 5.41) is 9.06. The number of hydrogen-bond donors (Lipinski definition) is 1. The lowest BCUT2D eigenvalue weighted by atomic mass is 9.98. The van der Waals surface area contributed by atoms with Crippen molar-refractivity contribution >= 4 is 16.0 Å². The molecule has 0 bridgehead atoms. The first-order valence-corrected chi connectivity index (χ1v) is 9.28. The average molecular weight is 345 g/mol. The molecule has 2 aromatic rings. The highest BCUT2D eigenvalue weighted by Crippen LogP contribution is 2.28. The Morgan fingerprint density at radius 1 is 1.08 bits per heavy atom. The Bertz CT molecular complexity index is 884. The minimum Gasteiger partial charge on any atom is -0.478 e. The maximum atomic E-state index is 12.7. The van der Waals surface area contributed by atoms with E-state index in [9.17, 15) is 13.2 Å². The monoisotopic (exact) mass is 345 g/mol. The Morgan fingerprint density at radius 3 is 2.42 bits per heavy atom. The lowest BCUT2D eigenvalue weighted by molar-refractivity contribution is 0.0697. The van der Waals surface area contributed by atoms with Crippen molar-refractivity contribution in [2.45, 2.75) is 24.7 Å². The van der Waals surface area contributed by atoms with Gasteiger partial charge in [0.2, 0.25) is 10.0 Å². The summed E-state index contributed by atoms with van der Waals surface area (Å²) in [6, 6.07) is 11.7. The maximum absolute atomic E-state index is 12.7. The van der Waals surface area contributed by atoms with Gasteiger partial charge in [0, 0.05) is 13.1 Å². The summed E-state index contributed by atoms with van der Waals surface area (Å²) in [6.07, 6.45) is 1.79. The number of sulfonamides is 1. The largest absolute Gasteiger partial charge is 0.478 e. The van der Waals surface area contributed by atoms with Gasteiger partial charge in [0.1, 0.15) is 0 Å². The van der Waals surface area contributed by atoms with Gasteiger partial charge in [0.05, 0.1) is 10.5 Å². The van der Waals surface area contributed by atoms with Crippen LogP contribution < -0.4 is 0 Å². The number of aromatic carboxylic acids is 1. The van der Waals surface area contributed by atoms with Gasteiger partial charge >= 0.3 is 5.97 Å². The van der Waals surface area contributed by atoms with Crippen molar-refractivity contribution < 1.29 is 18.3 Å². The van der Waals surface area contributed by atoms with Crippen LogP contribution in [0.3, 0.4) is 0 Å². The number of hydrogen-bond acceptors (Lipinski definition) is 3. The Labute approximate surface area is 141 Å². The number of nitrogens with zero attached hydrogens (tertiary/aromatic N) is 1. The summed E-state index contributed by atoms with van der Waals surface area (Å²) >= 11 is 0. The van der Waals surface area contributed by atoms with Crippen molar-refractivity contribution in [2.75, 3.05) is 13.1 Å². The van der Waals surface area contributed by atoms with Gasteiger partial charge < -0.3 is 5.11 Å². The van der Waals surface area contributed by atoms with Crippen molar-refractivity contribution in [3.05, 3.63) is 53.6 Å². The molecule has 0 atom stereocenters. The third-order valence-corrected chi connectivity index (χ3v) is 6.22. The summed E-state index contributed by atoms with van der Waals surface area (Å²) in [5.74, 6) is -0.977. The van der Waals surface area contributed by atoms with Gasteiger partial charge in [-0.05, 0) is 60.7 Å². The average Bonchev–Trinajstić information content (AvgIpc) is 3.10. The van der Waals surface area contributed by atoms with Crippen molar-refractivity contribution in [2.24, 2.45) is 0 Å². The Kier molecular flexibility index (Phi) is 4.43. The van der Waals surface area contributed by atoms with Crippen LogP contribution in [0.1, 0.15) is 28.8 Å². The van der Waals surface area contributed by atoms with E-state index in [-0.39, 0.29) is 10.5 Å². The zero-order valence-corrected chi connectivity index (χ0v) is 14.2. The van der Waals surface area contributed by atoms with E-state index < -0.39 is 16.0 Å². The molecule has 3 rings (SSSR count). The number of aryl methyl sites for hydroxylation is 1. The molecule has 1 heterocycles. The van der Waals surface area contributed by atoms with Crippen molar-refractivity contribution in [3.8, 4) is 11.1 Å². The molecule has 1 saturated heterocycles. The lowest BCUT2D eigenvalue weighted by Gasteiger charge is -2.16. The summed E-state index contributed by atoms with van der Waals surface area (Å²) in [5.41, 5.74) is 2.62. The molecule has 0 aromatic heterocycles. The fourth-order valence-electron chi connectivity index (χ4n) is 3.02. The Hall–Kier alpha value is -2.18. The zero-order valence-electron chi connectivity index (χ0n) is 13.4. The van der Waals surface area contributed by atoms with E-state index in [1.165, 1.54) is 10.4 Å². The van der Waals surface area contributed by atoms with Gasteiger partial charge in [-0.15, -0.1) is 0 Å². The van der Waals surface area contributed by atoms with Gasteiger partial charge in [-0.3, -0.25) is 0 Å². The van der Waals surface area contributed by atoms with Crippen molar-refractivity contribution in [1.29, 1.82) is 0 Å². The Morgan fingerprint density at radius 2 is 1.79 bits per heavy atom. The van der Waals surface area contributed by atoms with Crippen LogP contribution in [0.4, 0.5) is 0 Å². The van der Waals surface area contributed by atoms with E-state index in [2.05, 4.69) is 0 Å². The molecule has 6 heteroatoms. The second-order valence-electron chi connectivity index (χ2n) is 5.97. The summed E-state index contributed by atoms with van der Waals surface area (Å²) in [7, 11) is -3.46. The molecule has 0 aliphatic carbocycles. The van der Waals surface area contributed by atoms with E-state index in [0.717, 1.165) is 29.5 Å². The molecular formula is C18H19NO4S. The second-order valence-corrected chi connectivity index (χ2v) is 7.91. The predicted molar refractivity (Wildman–Crippen MR) is 91.6 cm³/mol. The highest BCUT2D eigenvalue weighted by Gasteiger charge is 2.27. The molecule has 1 aliphatic heterocycles. The van der Waals surface area contributed by atoms with Crippen LogP contribution in [0, 0.1) is 6.92 Å². The first kappa shape index (κ1) is 16.7. The van der Waals surface area contributed by atoms with Crippen molar-refractivity contribution in [3.63, 3.8) is 0 Å². The summed E-state index contributed by atoms with van der Waals surface area (Å²) in [6.45, 7) is 2.96. The molecule has 0 unspecified atom stereocenters. The highest BCUT2D eigenvalue weighted by atomic mass is 32.2. The lowest BCUT2D eigenvalue weighted by Crippen LogP contribution is -2.27. The quantitative estimate of drug-likeness (QED) is 0.924. The van der Waals surface area contributed by atoms with Crippen LogP contribution in [-0.4, -0.2) is 36.9 Å². The molecule has 5 nitrogen and oxygen atoms in total. The normalized spacial score (nSPS) is 15.5. The molecule has 0 spiro atoms. The number of carbonyl (C=O) groups is 1. The minimum atomic E-state index is -3.46. The van der Waals surface area contributed by atoms with Gasteiger partial charge in [-0.25, -0.2) is 13.2 Å². The third-order valence-electron chi connectivity index (χ3n) is 4.32. The maximum Gasteiger partial charge on any atom is 0.335 e. The second kappa shape index (κ2) is 6.37. The molecule has 1 aliphatic rings. The fourth-order valence-corrected chi connectivity index (χ4v) is 4.59. The van der Waals surface area contributed by atoms with Gasteiger partial charge in [-0.2, -0.15) is 4.31 Å². The van der Waals surface area contributed by atoms with Crippen LogP contribution in [0.5, 0.6) is 0 Å². The van der Waals surface area contributed by atoms with E-state index in [4.69, 9.17) is 5.11 Å². The van der Waals surface area contributed by atoms with E-state index in [1.54, 1.807) is 30.3 Å². The smallest absolute Gasteiger partial charge is 0.335 e. The van der Waals surface area contributed by atoms with Gasteiger partial charge in [0.15, 0.2) is 0 Å². The molecule has 2 aromatic carbocycles. The van der Waals surface area contributed by atoms with Crippen LogP contribution in [-0.2, 0) is 10.0 Å². The van der Waals surface area contributed by atoms with Crippen LogP contribution in [0.15, 0.2) is 47.4 Å². The summed E-state index contributed by atoms with van der Waals surface area (Å²) in [4.78, 5) is 11.3. The SMILES string of the molecule is Cc1cc(C(=O)O)ccc1-c1cccc(S(=O)(=O)N2CCCC2)c1. The van der Waals surface area contributed by atoms with Crippen LogP contribution >= 0.6 is 0 Å². The molecule has 24 heavy (non-hydrogen) atoms. The fraction of sp³-hybridized carbons (Fsp3) is 0.278. The van der Waals surface area contributed by atoms with Crippen LogP contribution in [0.2, 0.25) is 0 Å². The highest BCUT2D eigenvalue weighted by molar-refractivity contribution is 7.89.